The van der Waals surface area contributed by atoms with Crippen molar-refractivity contribution in [3.05, 3.63) is 60.1 Å². The number of likely N-dealkylation sites (tertiary alicyclic amines) is 1. The lowest BCUT2D eigenvalue weighted by molar-refractivity contribution is 0.311. The van der Waals surface area contributed by atoms with Crippen molar-refractivity contribution in [1.29, 1.82) is 0 Å². The van der Waals surface area contributed by atoms with Crippen LogP contribution in [-0.2, 0) is 6.54 Å². The lowest BCUT2D eigenvalue weighted by atomic mass is 10.2. The molecule has 0 amide bonds. The summed E-state index contributed by atoms with van der Waals surface area (Å²) in [5.41, 5.74) is 1.40. The van der Waals surface area contributed by atoms with Gasteiger partial charge in [-0.3, -0.25) is 4.90 Å². The molecule has 3 rings (SSSR count). The summed E-state index contributed by atoms with van der Waals surface area (Å²) in [7, 11) is 0. The zero-order valence-corrected chi connectivity index (χ0v) is 12.0. The van der Waals surface area contributed by atoms with Gasteiger partial charge in [-0.25, -0.2) is 0 Å². The Morgan fingerprint density at radius 3 is 2.85 bits per heavy atom. The highest BCUT2D eigenvalue weighted by molar-refractivity contribution is 5.14. The molecule has 1 unspecified atom stereocenters. The van der Waals surface area contributed by atoms with E-state index in [9.17, 15) is 0 Å². The molecule has 2 atom stereocenters. The predicted molar refractivity (Wildman–Crippen MR) is 80.4 cm³/mol. The Hall–Kier alpha value is -1.58. The van der Waals surface area contributed by atoms with E-state index in [1.807, 2.05) is 12.1 Å². The van der Waals surface area contributed by atoms with Gasteiger partial charge in [0.15, 0.2) is 0 Å². The van der Waals surface area contributed by atoms with Crippen LogP contribution >= 0.6 is 0 Å². The minimum absolute atomic E-state index is 0.284. The van der Waals surface area contributed by atoms with Gasteiger partial charge < -0.3 is 9.73 Å². The van der Waals surface area contributed by atoms with Gasteiger partial charge in [-0.2, -0.15) is 0 Å². The van der Waals surface area contributed by atoms with Gasteiger partial charge >= 0.3 is 0 Å². The Bertz CT molecular complexity index is 509. The smallest absolute Gasteiger partial charge is 0.120 e. The van der Waals surface area contributed by atoms with Gasteiger partial charge in [0.05, 0.1) is 12.3 Å². The molecule has 1 aliphatic heterocycles. The summed E-state index contributed by atoms with van der Waals surface area (Å²) >= 11 is 0. The molecule has 2 heterocycles. The molecule has 0 spiro atoms. The fourth-order valence-corrected chi connectivity index (χ4v) is 2.93. The molecule has 0 radical (unpaired) electrons. The van der Waals surface area contributed by atoms with Crippen LogP contribution in [0.3, 0.4) is 0 Å². The van der Waals surface area contributed by atoms with E-state index in [0.29, 0.717) is 6.04 Å². The monoisotopic (exact) mass is 270 g/mol. The number of hydrogen-bond acceptors (Lipinski definition) is 3. The Labute approximate surface area is 120 Å². The first-order valence-corrected chi connectivity index (χ1v) is 7.37. The summed E-state index contributed by atoms with van der Waals surface area (Å²) < 4.78 is 5.45. The lowest BCUT2D eigenvalue weighted by Gasteiger charge is -2.19. The van der Waals surface area contributed by atoms with Crippen molar-refractivity contribution in [2.45, 2.75) is 32.0 Å². The van der Waals surface area contributed by atoms with Crippen LogP contribution in [-0.4, -0.2) is 24.0 Å². The number of benzene rings is 1. The topological polar surface area (TPSA) is 28.4 Å². The van der Waals surface area contributed by atoms with E-state index >= 15 is 0 Å². The van der Waals surface area contributed by atoms with Crippen LogP contribution in [0.25, 0.3) is 0 Å². The summed E-state index contributed by atoms with van der Waals surface area (Å²) in [5.74, 6) is 1.02. The number of nitrogens with one attached hydrogen (secondary N) is 1. The molecule has 3 heteroatoms. The van der Waals surface area contributed by atoms with Crippen molar-refractivity contribution in [1.82, 2.24) is 10.2 Å². The molecular weight excluding hydrogens is 248 g/mol. The zero-order chi connectivity index (χ0) is 13.8. The highest BCUT2D eigenvalue weighted by atomic mass is 16.3. The quantitative estimate of drug-likeness (QED) is 0.904. The first-order valence-electron chi connectivity index (χ1n) is 7.37. The molecule has 0 saturated carbocycles. The zero-order valence-electron chi connectivity index (χ0n) is 12.0. The van der Waals surface area contributed by atoms with Crippen LogP contribution in [0.1, 0.15) is 30.7 Å². The normalized spacial score (nSPS) is 21.1. The lowest BCUT2D eigenvalue weighted by Crippen LogP contribution is -2.34. The summed E-state index contributed by atoms with van der Waals surface area (Å²) in [6.07, 6.45) is 2.95. The van der Waals surface area contributed by atoms with Crippen LogP contribution in [0.2, 0.25) is 0 Å². The number of rotatable bonds is 5. The van der Waals surface area contributed by atoms with E-state index < -0.39 is 0 Å². The fourth-order valence-electron chi connectivity index (χ4n) is 2.93. The molecule has 0 bridgehead atoms. The van der Waals surface area contributed by atoms with Gasteiger partial charge in [0.2, 0.25) is 0 Å². The van der Waals surface area contributed by atoms with Crippen molar-refractivity contribution >= 4 is 0 Å². The molecule has 0 aliphatic carbocycles. The van der Waals surface area contributed by atoms with Crippen molar-refractivity contribution in [2.75, 3.05) is 13.1 Å². The van der Waals surface area contributed by atoms with E-state index in [-0.39, 0.29) is 6.04 Å². The van der Waals surface area contributed by atoms with Crippen LogP contribution < -0.4 is 5.32 Å². The molecule has 1 saturated heterocycles. The van der Waals surface area contributed by atoms with Gasteiger partial charge in [0.25, 0.3) is 0 Å². The largest absolute Gasteiger partial charge is 0.468 e. The molecule has 1 fully saturated rings. The highest BCUT2D eigenvalue weighted by Crippen LogP contribution is 2.18. The van der Waals surface area contributed by atoms with Gasteiger partial charge in [0, 0.05) is 25.7 Å². The van der Waals surface area contributed by atoms with E-state index in [2.05, 4.69) is 47.5 Å². The number of hydrogen-bond donors (Lipinski definition) is 1. The third-order valence-corrected chi connectivity index (χ3v) is 3.98. The first-order chi connectivity index (χ1) is 9.81. The van der Waals surface area contributed by atoms with Crippen LogP contribution in [0.4, 0.5) is 0 Å². The standard InChI is InChI=1S/C17H22N2O/c1-14(17-8-5-11-20-17)18-16-9-10-19(13-16)12-15-6-3-2-4-7-15/h2-8,11,14,16,18H,9-10,12-13H2,1H3/t14-,16?/m0/s1. The van der Waals surface area contributed by atoms with E-state index in [0.717, 1.165) is 25.4 Å². The third-order valence-electron chi connectivity index (χ3n) is 3.98. The summed E-state index contributed by atoms with van der Waals surface area (Å²) in [4.78, 5) is 2.52. The highest BCUT2D eigenvalue weighted by Gasteiger charge is 2.24. The second kappa shape index (κ2) is 6.25. The van der Waals surface area contributed by atoms with E-state index in [4.69, 9.17) is 4.42 Å². The maximum Gasteiger partial charge on any atom is 0.120 e. The first kappa shape index (κ1) is 13.4. The summed E-state index contributed by atoms with van der Waals surface area (Å²) in [6, 6.07) is 15.5. The number of furan rings is 1. The van der Waals surface area contributed by atoms with Crippen LogP contribution in [0, 0.1) is 0 Å². The van der Waals surface area contributed by atoms with Gasteiger partial charge in [-0.1, -0.05) is 30.3 Å². The van der Waals surface area contributed by atoms with Crippen molar-refractivity contribution < 1.29 is 4.42 Å². The minimum atomic E-state index is 0.284. The maximum atomic E-state index is 5.45. The predicted octanol–water partition coefficient (Wildman–Crippen LogP) is 3.20. The molecule has 1 aromatic carbocycles. The van der Waals surface area contributed by atoms with Gasteiger partial charge in [-0.15, -0.1) is 0 Å². The number of nitrogens with zero attached hydrogens (tertiary/aromatic N) is 1. The molecule has 106 valence electrons. The van der Waals surface area contributed by atoms with Crippen LogP contribution in [0.15, 0.2) is 53.1 Å². The molecule has 20 heavy (non-hydrogen) atoms. The SMILES string of the molecule is C[C@H](NC1CCN(Cc2ccccc2)C1)c1ccco1. The van der Waals surface area contributed by atoms with E-state index in [1.54, 1.807) is 6.26 Å². The molecule has 1 N–H and O–H groups in total. The average molecular weight is 270 g/mol. The Morgan fingerprint density at radius 1 is 1.25 bits per heavy atom. The molecule has 1 aromatic heterocycles. The van der Waals surface area contributed by atoms with Gasteiger partial charge in [-0.05, 0) is 31.0 Å². The van der Waals surface area contributed by atoms with E-state index in [1.165, 1.54) is 12.0 Å². The Balaban J connectivity index is 1.50. The molecule has 3 nitrogen and oxygen atoms in total. The Kier molecular flexibility index (Phi) is 4.19. The molecular formula is C17H22N2O. The second-order valence-corrected chi connectivity index (χ2v) is 5.61. The maximum absolute atomic E-state index is 5.45. The molecule has 2 aromatic rings. The second-order valence-electron chi connectivity index (χ2n) is 5.61. The molecule has 1 aliphatic rings. The summed E-state index contributed by atoms with van der Waals surface area (Å²) in [6.45, 7) is 5.49. The van der Waals surface area contributed by atoms with Crippen molar-refractivity contribution in [2.24, 2.45) is 0 Å². The fraction of sp³-hybridized carbons (Fsp3) is 0.412. The minimum Gasteiger partial charge on any atom is -0.468 e. The summed E-state index contributed by atoms with van der Waals surface area (Å²) in [5, 5.41) is 3.66. The van der Waals surface area contributed by atoms with Crippen LogP contribution in [0.5, 0.6) is 0 Å². The van der Waals surface area contributed by atoms with Gasteiger partial charge in [0.1, 0.15) is 5.76 Å². The Morgan fingerprint density at radius 2 is 2.10 bits per heavy atom. The third kappa shape index (κ3) is 3.30. The van der Waals surface area contributed by atoms with Crippen molar-refractivity contribution in [3.8, 4) is 0 Å². The average Bonchev–Trinajstić information content (AvgIpc) is 3.11. The van der Waals surface area contributed by atoms with Crippen molar-refractivity contribution in [3.63, 3.8) is 0 Å².